The van der Waals surface area contributed by atoms with E-state index in [1.807, 2.05) is 36.6 Å². The van der Waals surface area contributed by atoms with E-state index in [1.165, 1.54) is 5.56 Å². The first-order valence-electron chi connectivity index (χ1n) is 4.75. The van der Waals surface area contributed by atoms with Crippen LogP contribution < -0.4 is 0 Å². The van der Waals surface area contributed by atoms with Crippen molar-refractivity contribution in [3.63, 3.8) is 0 Å². The number of benzene rings is 2. The van der Waals surface area contributed by atoms with Gasteiger partial charge >= 0.3 is 0 Å². The average Bonchev–Trinajstić information content (AvgIpc) is 2.27. The van der Waals surface area contributed by atoms with Crippen LogP contribution in [-0.2, 0) is 11.2 Å². The third-order valence-electron chi connectivity index (χ3n) is 2.48. The van der Waals surface area contributed by atoms with Gasteiger partial charge < -0.3 is 0 Å². The van der Waals surface area contributed by atoms with Crippen LogP contribution in [0.5, 0.6) is 0 Å². The minimum Gasteiger partial charge on any atom is -0.285 e. The largest absolute Gasteiger partial charge is 0.285 e. The fourth-order valence-corrected chi connectivity index (χ4v) is 1.80. The Morgan fingerprint density at radius 1 is 1.14 bits per heavy atom. The molecule has 0 heterocycles. The quantitative estimate of drug-likeness (QED) is 0.699. The van der Waals surface area contributed by atoms with Crippen LogP contribution in [0, 0.1) is 0 Å². The number of aryl methyl sites for hydroxylation is 1. The van der Waals surface area contributed by atoms with E-state index < -0.39 is 0 Å². The van der Waals surface area contributed by atoms with Crippen molar-refractivity contribution in [2.45, 2.75) is 13.3 Å². The summed E-state index contributed by atoms with van der Waals surface area (Å²) >= 11 is 0. The van der Waals surface area contributed by atoms with E-state index in [-0.39, 0.29) is 0 Å². The van der Waals surface area contributed by atoms with Crippen LogP contribution >= 0.6 is 0 Å². The highest BCUT2D eigenvalue weighted by atomic mass is 16.1. The molecular formula is C13H11O. The van der Waals surface area contributed by atoms with Crippen LogP contribution in [-0.4, -0.2) is 6.29 Å². The van der Waals surface area contributed by atoms with Gasteiger partial charge in [0.05, 0.1) is 0 Å². The monoisotopic (exact) mass is 183 g/mol. The normalized spacial score (nSPS) is 10.4. The molecule has 14 heavy (non-hydrogen) atoms. The van der Waals surface area contributed by atoms with Crippen molar-refractivity contribution < 1.29 is 4.79 Å². The standard InChI is InChI=1S/C13H11O/c1-2-10-5-3-6-11-7-4-8-12(9-14)13(10)11/h3-8H,2H2,1H3. The van der Waals surface area contributed by atoms with E-state index in [1.54, 1.807) is 0 Å². The van der Waals surface area contributed by atoms with Gasteiger partial charge in [0, 0.05) is 5.56 Å². The molecule has 2 rings (SSSR count). The molecule has 0 saturated heterocycles. The lowest BCUT2D eigenvalue weighted by Gasteiger charge is -2.05. The molecule has 0 unspecified atom stereocenters. The van der Waals surface area contributed by atoms with Crippen LogP contribution in [0.3, 0.4) is 0 Å². The summed E-state index contributed by atoms with van der Waals surface area (Å²) in [5.74, 6) is 0. The first-order valence-corrected chi connectivity index (χ1v) is 4.75. The van der Waals surface area contributed by atoms with Crippen LogP contribution in [0.15, 0.2) is 36.4 Å². The summed E-state index contributed by atoms with van der Waals surface area (Å²) in [4.78, 5) is 10.8. The van der Waals surface area contributed by atoms with Gasteiger partial charge in [0.15, 0.2) is 0 Å². The van der Waals surface area contributed by atoms with Gasteiger partial charge in [-0.3, -0.25) is 4.79 Å². The lowest BCUT2D eigenvalue weighted by molar-refractivity contribution is 0.563. The SMILES string of the molecule is CCc1cccc2cccc([C]=O)c12. The molecule has 0 bridgehead atoms. The average molecular weight is 183 g/mol. The summed E-state index contributed by atoms with van der Waals surface area (Å²) in [5, 5.41) is 2.16. The molecule has 0 amide bonds. The van der Waals surface area contributed by atoms with Gasteiger partial charge in [0.1, 0.15) is 0 Å². The van der Waals surface area contributed by atoms with Gasteiger partial charge in [-0.2, -0.15) is 0 Å². The number of hydrogen-bond donors (Lipinski definition) is 0. The number of rotatable bonds is 2. The van der Waals surface area contributed by atoms with Crippen molar-refractivity contribution in [3.05, 3.63) is 47.5 Å². The second-order valence-electron chi connectivity index (χ2n) is 3.28. The Morgan fingerprint density at radius 2 is 1.86 bits per heavy atom. The van der Waals surface area contributed by atoms with Crippen molar-refractivity contribution in [3.8, 4) is 0 Å². The molecule has 1 nitrogen and oxygen atoms in total. The fraction of sp³-hybridized carbons (Fsp3) is 0.154. The second-order valence-corrected chi connectivity index (χ2v) is 3.28. The topological polar surface area (TPSA) is 17.1 Å². The van der Waals surface area contributed by atoms with Crippen molar-refractivity contribution >= 4 is 17.1 Å². The summed E-state index contributed by atoms with van der Waals surface area (Å²) in [7, 11) is 0. The van der Waals surface area contributed by atoms with Crippen LogP contribution in [0.25, 0.3) is 10.8 Å². The van der Waals surface area contributed by atoms with E-state index in [9.17, 15) is 4.79 Å². The van der Waals surface area contributed by atoms with Gasteiger partial charge in [-0.1, -0.05) is 43.3 Å². The third-order valence-corrected chi connectivity index (χ3v) is 2.48. The summed E-state index contributed by atoms with van der Waals surface area (Å²) in [5.41, 5.74) is 1.88. The molecule has 0 N–H and O–H groups in total. The lowest BCUT2D eigenvalue weighted by atomic mass is 9.98. The maximum atomic E-state index is 10.8. The number of carbonyl (C=O) groups excluding carboxylic acids is 1. The van der Waals surface area contributed by atoms with E-state index >= 15 is 0 Å². The van der Waals surface area contributed by atoms with E-state index in [4.69, 9.17) is 0 Å². The lowest BCUT2D eigenvalue weighted by Crippen LogP contribution is -1.89. The smallest absolute Gasteiger partial charge is 0.234 e. The zero-order chi connectivity index (χ0) is 9.97. The Morgan fingerprint density at radius 3 is 2.50 bits per heavy atom. The number of hydrogen-bond acceptors (Lipinski definition) is 1. The molecule has 0 spiro atoms. The minimum atomic E-state index is 0.667. The first kappa shape index (κ1) is 8.95. The minimum absolute atomic E-state index is 0.667. The van der Waals surface area contributed by atoms with Crippen molar-refractivity contribution in [1.29, 1.82) is 0 Å². The highest BCUT2D eigenvalue weighted by molar-refractivity contribution is 6.00. The van der Waals surface area contributed by atoms with E-state index in [2.05, 4.69) is 13.0 Å². The maximum absolute atomic E-state index is 10.8. The predicted octanol–water partition coefficient (Wildman–Crippen LogP) is 2.86. The number of fused-ring (bicyclic) bond motifs is 1. The molecule has 2 aromatic carbocycles. The maximum Gasteiger partial charge on any atom is 0.234 e. The van der Waals surface area contributed by atoms with Gasteiger partial charge in [0.2, 0.25) is 6.29 Å². The van der Waals surface area contributed by atoms with Gasteiger partial charge in [-0.15, -0.1) is 0 Å². The highest BCUT2D eigenvalue weighted by Crippen LogP contribution is 2.22. The second kappa shape index (κ2) is 3.62. The Labute approximate surface area is 83.4 Å². The van der Waals surface area contributed by atoms with Crippen molar-refractivity contribution in [2.75, 3.05) is 0 Å². The van der Waals surface area contributed by atoms with Gasteiger partial charge in [-0.25, -0.2) is 0 Å². The molecule has 1 radical (unpaired) electrons. The molecular weight excluding hydrogens is 172 g/mol. The summed E-state index contributed by atoms with van der Waals surface area (Å²) < 4.78 is 0. The van der Waals surface area contributed by atoms with Gasteiger partial charge in [-0.05, 0) is 22.8 Å². The zero-order valence-electron chi connectivity index (χ0n) is 8.08. The summed E-state index contributed by atoms with van der Waals surface area (Å²) in [6.07, 6.45) is 2.94. The predicted molar refractivity (Wildman–Crippen MR) is 58.1 cm³/mol. The van der Waals surface area contributed by atoms with E-state index in [0.717, 1.165) is 17.2 Å². The van der Waals surface area contributed by atoms with Crippen LogP contribution in [0.1, 0.15) is 18.1 Å². The molecule has 69 valence electrons. The molecule has 0 aliphatic heterocycles. The molecule has 0 aliphatic carbocycles. The molecule has 0 aliphatic rings. The summed E-state index contributed by atoms with van der Waals surface area (Å²) in [6.45, 7) is 2.09. The Kier molecular flexibility index (Phi) is 2.32. The van der Waals surface area contributed by atoms with Crippen molar-refractivity contribution in [1.82, 2.24) is 0 Å². The molecule has 2 aromatic rings. The molecule has 0 fully saturated rings. The Bertz CT molecular complexity index is 466. The van der Waals surface area contributed by atoms with Gasteiger partial charge in [0.25, 0.3) is 0 Å². The fourth-order valence-electron chi connectivity index (χ4n) is 1.80. The van der Waals surface area contributed by atoms with Crippen LogP contribution in [0.4, 0.5) is 0 Å². The Hall–Kier alpha value is -1.63. The molecule has 1 heteroatoms. The highest BCUT2D eigenvalue weighted by Gasteiger charge is 2.03. The first-order chi connectivity index (χ1) is 6.86. The molecule has 0 saturated carbocycles. The molecule has 0 atom stereocenters. The third kappa shape index (κ3) is 1.31. The van der Waals surface area contributed by atoms with Crippen LogP contribution in [0.2, 0.25) is 0 Å². The Balaban J connectivity index is 2.88. The molecule has 0 aromatic heterocycles. The van der Waals surface area contributed by atoms with Crippen molar-refractivity contribution in [2.24, 2.45) is 0 Å². The van der Waals surface area contributed by atoms with E-state index in [0.29, 0.717) is 5.56 Å². The zero-order valence-corrected chi connectivity index (χ0v) is 8.08. The summed E-state index contributed by atoms with van der Waals surface area (Å²) in [6, 6.07) is 11.8.